The summed E-state index contributed by atoms with van der Waals surface area (Å²) in [6.07, 6.45) is 0.257. The van der Waals surface area contributed by atoms with Crippen molar-refractivity contribution in [3.05, 3.63) is 59.4 Å². The lowest BCUT2D eigenvalue weighted by Crippen LogP contribution is -2.28. The summed E-state index contributed by atoms with van der Waals surface area (Å²) in [6, 6.07) is 11.7. The van der Waals surface area contributed by atoms with Gasteiger partial charge in [0.15, 0.2) is 11.6 Å². The van der Waals surface area contributed by atoms with Gasteiger partial charge in [0.2, 0.25) is 5.91 Å². The first-order valence-corrected chi connectivity index (χ1v) is 7.29. The lowest BCUT2D eigenvalue weighted by atomic mass is 10.1. The van der Waals surface area contributed by atoms with Crippen molar-refractivity contribution in [1.29, 1.82) is 0 Å². The number of carbonyl (C=O) groups is 1. The van der Waals surface area contributed by atoms with E-state index in [-0.39, 0.29) is 24.1 Å². The van der Waals surface area contributed by atoms with Gasteiger partial charge < -0.3 is 14.8 Å². The summed E-state index contributed by atoms with van der Waals surface area (Å²) in [4.78, 5) is 12.1. The number of halogens is 1. The van der Waals surface area contributed by atoms with Crippen molar-refractivity contribution >= 4 is 5.91 Å². The van der Waals surface area contributed by atoms with E-state index in [0.29, 0.717) is 5.56 Å². The first-order chi connectivity index (χ1) is 11.0. The monoisotopic (exact) mass is 317 g/mol. The van der Waals surface area contributed by atoms with E-state index in [4.69, 9.17) is 9.47 Å². The molecule has 0 heterocycles. The van der Waals surface area contributed by atoms with Gasteiger partial charge >= 0.3 is 0 Å². The number of nitrogens with one attached hydrogen (secondary N) is 1. The third-order valence-electron chi connectivity index (χ3n) is 3.58. The van der Waals surface area contributed by atoms with Crippen LogP contribution in [0.4, 0.5) is 4.39 Å². The molecular weight excluding hydrogens is 297 g/mol. The molecule has 2 aromatic carbocycles. The number of amides is 1. The molecule has 0 bridgehead atoms. The largest absolute Gasteiger partial charge is 0.497 e. The maximum atomic E-state index is 13.7. The average Bonchev–Trinajstić information content (AvgIpc) is 2.55. The van der Waals surface area contributed by atoms with Gasteiger partial charge in [0.1, 0.15) is 5.75 Å². The van der Waals surface area contributed by atoms with Crippen LogP contribution in [0, 0.1) is 5.82 Å². The van der Waals surface area contributed by atoms with Crippen LogP contribution in [0.2, 0.25) is 0 Å². The Morgan fingerprint density at radius 2 is 1.83 bits per heavy atom. The fourth-order valence-electron chi connectivity index (χ4n) is 2.26. The Bertz CT molecular complexity index is 670. The second-order valence-electron chi connectivity index (χ2n) is 5.21. The van der Waals surface area contributed by atoms with E-state index in [1.54, 1.807) is 19.2 Å². The van der Waals surface area contributed by atoms with Gasteiger partial charge in [0.05, 0.1) is 26.7 Å². The summed E-state index contributed by atoms with van der Waals surface area (Å²) in [5.41, 5.74) is 1.57. The first kappa shape index (κ1) is 16.8. The van der Waals surface area contributed by atoms with E-state index in [9.17, 15) is 9.18 Å². The molecule has 0 aliphatic carbocycles. The van der Waals surface area contributed by atoms with Crippen LogP contribution in [-0.2, 0) is 11.2 Å². The number of benzene rings is 2. The highest BCUT2D eigenvalue weighted by Gasteiger charge is 2.12. The van der Waals surface area contributed by atoms with Gasteiger partial charge in [-0.3, -0.25) is 4.79 Å². The molecule has 0 spiro atoms. The minimum Gasteiger partial charge on any atom is -0.497 e. The Balaban J connectivity index is 1.97. The molecule has 1 amide bonds. The van der Waals surface area contributed by atoms with Crippen LogP contribution < -0.4 is 14.8 Å². The number of rotatable bonds is 6. The SMILES string of the molecule is COc1ccc(CC(=O)NC(C)c2ccc(OC)c(F)c2)cc1. The predicted molar refractivity (Wildman–Crippen MR) is 86.2 cm³/mol. The zero-order chi connectivity index (χ0) is 16.8. The lowest BCUT2D eigenvalue weighted by Gasteiger charge is -2.15. The van der Waals surface area contributed by atoms with Crippen LogP contribution in [0.1, 0.15) is 24.1 Å². The number of ether oxygens (including phenoxy) is 2. The molecule has 4 nitrogen and oxygen atoms in total. The number of hydrogen-bond acceptors (Lipinski definition) is 3. The molecule has 2 rings (SSSR count). The van der Waals surface area contributed by atoms with Gasteiger partial charge in [-0.25, -0.2) is 4.39 Å². The topological polar surface area (TPSA) is 47.6 Å². The lowest BCUT2D eigenvalue weighted by molar-refractivity contribution is -0.121. The van der Waals surface area contributed by atoms with Crippen LogP contribution in [-0.4, -0.2) is 20.1 Å². The first-order valence-electron chi connectivity index (χ1n) is 7.29. The predicted octanol–water partition coefficient (Wildman–Crippen LogP) is 3.26. The Hall–Kier alpha value is -2.56. The molecule has 0 aliphatic heterocycles. The molecule has 5 heteroatoms. The highest BCUT2D eigenvalue weighted by Crippen LogP contribution is 2.21. The van der Waals surface area contributed by atoms with E-state index >= 15 is 0 Å². The molecule has 0 fully saturated rings. The average molecular weight is 317 g/mol. The Morgan fingerprint density at radius 1 is 1.13 bits per heavy atom. The molecule has 1 atom stereocenters. The summed E-state index contributed by atoms with van der Waals surface area (Å²) in [5.74, 6) is 0.363. The molecule has 2 aromatic rings. The second kappa shape index (κ2) is 7.63. The summed E-state index contributed by atoms with van der Waals surface area (Å²) < 4.78 is 23.7. The highest BCUT2D eigenvalue weighted by molar-refractivity contribution is 5.79. The number of carbonyl (C=O) groups excluding carboxylic acids is 1. The van der Waals surface area contributed by atoms with Gasteiger partial charge in [-0.2, -0.15) is 0 Å². The van der Waals surface area contributed by atoms with Gasteiger partial charge in [-0.05, 0) is 42.3 Å². The molecule has 23 heavy (non-hydrogen) atoms. The van der Waals surface area contributed by atoms with E-state index in [1.165, 1.54) is 13.2 Å². The van der Waals surface area contributed by atoms with E-state index in [0.717, 1.165) is 11.3 Å². The summed E-state index contributed by atoms with van der Waals surface area (Å²) in [5, 5.41) is 2.86. The third-order valence-corrected chi connectivity index (χ3v) is 3.58. The summed E-state index contributed by atoms with van der Waals surface area (Å²) in [7, 11) is 3.01. The standard InChI is InChI=1S/C18H20FNO3/c1-12(14-6-9-17(23-3)16(19)11-14)20-18(21)10-13-4-7-15(22-2)8-5-13/h4-9,11-12H,10H2,1-3H3,(H,20,21). The quantitative estimate of drug-likeness (QED) is 0.889. The smallest absolute Gasteiger partial charge is 0.224 e. The Morgan fingerprint density at radius 3 is 2.39 bits per heavy atom. The second-order valence-corrected chi connectivity index (χ2v) is 5.21. The van der Waals surface area contributed by atoms with Crippen molar-refractivity contribution < 1.29 is 18.7 Å². The van der Waals surface area contributed by atoms with Gasteiger partial charge in [-0.15, -0.1) is 0 Å². The van der Waals surface area contributed by atoms with Gasteiger partial charge in [-0.1, -0.05) is 18.2 Å². The molecule has 122 valence electrons. The maximum Gasteiger partial charge on any atom is 0.224 e. The molecular formula is C18H20FNO3. The third kappa shape index (κ3) is 4.45. The normalized spacial score (nSPS) is 11.7. The van der Waals surface area contributed by atoms with Crippen LogP contribution in [0.25, 0.3) is 0 Å². The van der Waals surface area contributed by atoms with E-state index in [2.05, 4.69) is 5.32 Å². The molecule has 0 radical (unpaired) electrons. The van der Waals surface area contributed by atoms with Crippen molar-refractivity contribution in [1.82, 2.24) is 5.32 Å². The minimum absolute atomic E-state index is 0.126. The van der Waals surface area contributed by atoms with Crippen LogP contribution in [0.3, 0.4) is 0 Å². The number of methoxy groups -OCH3 is 2. The Kier molecular flexibility index (Phi) is 5.57. The van der Waals surface area contributed by atoms with Crippen molar-refractivity contribution in [2.24, 2.45) is 0 Å². The van der Waals surface area contributed by atoms with Crippen molar-refractivity contribution in [3.63, 3.8) is 0 Å². The van der Waals surface area contributed by atoms with Crippen LogP contribution in [0.5, 0.6) is 11.5 Å². The molecule has 0 aliphatic rings. The fraction of sp³-hybridized carbons (Fsp3) is 0.278. The summed E-state index contributed by atoms with van der Waals surface area (Å²) >= 11 is 0. The van der Waals surface area contributed by atoms with Crippen molar-refractivity contribution in [2.45, 2.75) is 19.4 Å². The molecule has 0 saturated heterocycles. The van der Waals surface area contributed by atoms with Crippen molar-refractivity contribution in [2.75, 3.05) is 14.2 Å². The minimum atomic E-state index is -0.443. The van der Waals surface area contributed by atoms with E-state index in [1.807, 2.05) is 31.2 Å². The Labute approximate surface area is 135 Å². The molecule has 0 aromatic heterocycles. The van der Waals surface area contributed by atoms with E-state index < -0.39 is 5.82 Å². The van der Waals surface area contributed by atoms with Crippen LogP contribution in [0.15, 0.2) is 42.5 Å². The van der Waals surface area contributed by atoms with Gasteiger partial charge in [0, 0.05) is 0 Å². The zero-order valence-electron chi connectivity index (χ0n) is 13.4. The highest BCUT2D eigenvalue weighted by atomic mass is 19.1. The molecule has 1 N–H and O–H groups in total. The maximum absolute atomic E-state index is 13.7. The fourth-order valence-corrected chi connectivity index (χ4v) is 2.26. The zero-order valence-corrected chi connectivity index (χ0v) is 13.4. The van der Waals surface area contributed by atoms with Crippen LogP contribution >= 0.6 is 0 Å². The summed E-state index contributed by atoms with van der Waals surface area (Å²) in [6.45, 7) is 1.81. The molecule has 1 unspecified atom stereocenters. The number of hydrogen-bond donors (Lipinski definition) is 1. The van der Waals surface area contributed by atoms with Crippen molar-refractivity contribution in [3.8, 4) is 11.5 Å². The molecule has 0 saturated carbocycles. The van der Waals surface area contributed by atoms with Gasteiger partial charge in [0.25, 0.3) is 0 Å².